The Hall–Kier alpha value is -3.64. The van der Waals surface area contributed by atoms with Gasteiger partial charge in [0.05, 0.1) is 37.6 Å². The maximum atomic E-state index is 13.6. The number of ether oxygens (including phenoxy) is 4. The summed E-state index contributed by atoms with van der Waals surface area (Å²) in [5, 5.41) is 0. The van der Waals surface area contributed by atoms with E-state index in [1.54, 1.807) is 13.8 Å². The van der Waals surface area contributed by atoms with Crippen LogP contribution in [0.25, 0.3) is 0 Å². The number of esters is 1. The molecule has 2 aromatic rings. The van der Waals surface area contributed by atoms with Crippen LogP contribution in [0.1, 0.15) is 61.5 Å². The molecule has 1 heterocycles. The number of halogens is 6. The van der Waals surface area contributed by atoms with Gasteiger partial charge in [0.15, 0.2) is 11.5 Å². The number of nitrogens with zero attached hydrogens (tertiary/aromatic N) is 1. The molecule has 13 heteroatoms. The highest BCUT2D eigenvalue weighted by Gasteiger charge is 2.43. The minimum Gasteiger partial charge on any atom is -0.493 e. The van der Waals surface area contributed by atoms with Gasteiger partial charge in [-0.1, -0.05) is 0 Å². The van der Waals surface area contributed by atoms with Crippen molar-refractivity contribution in [1.29, 1.82) is 0 Å². The van der Waals surface area contributed by atoms with Crippen molar-refractivity contribution in [3.8, 4) is 11.5 Å². The fraction of sp³-hybridized carbons (Fsp3) is 0.462. The highest BCUT2D eigenvalue weighted by atomic mass is 19.4. The first-order chi connectivity index (χ1) is 18.1. The van der Waals surface area contributed by atoms with E-state index in [1.807, 2.05) is 0 Å². The lowest BCUT2D eigenvalue weighted by molar-refractivity contribution is -0.148. The Labute approximate surface area is 220 Å². The number of anilines is 1. The minimum atomic E-state index is -5.11. The number of carbonyl (C=O) groups is 2. The van der Waals surface area contributed by atoms with E-state index in [2.05, 4.69) is 0 Å². The summed E-state index contributed by atoms with van der Waals surface area (Å²) in [7, 11) is 2.69. The molecule has 0 radical (unpaired) electrons. The molecular weight excluding hydrogens is 536 g/mol. The van der Waals surface area contributed by atoms with E-state index in [1.165, 1.54) is 31.3 Å². The molecule has 3 atom stereocenters. The van der Waals surface area contributed by atoms with Crippen molar-refractivity contribution in [3.63, 3.8) is 0 Å². The molecule has 1 amide bonds. The van der Waals surface area contributed by atoms with E-state index in [9.17, 15) is 35.9 Å². The summed E-state index contributed by atoms with van der Waals surface area (Å²) in [4.78, 5) is 26.3. The number of amides is 1. The maximum Gasteiger partial charge on any atom is 0.416 e. The Kier molecular flexibility index (Phi) is 8.61. The zero-order valence-corrected chi connectivity index (χ0v) is 21.7. The number of rotatable bonds is 6. The van der Waals surface area contributed by atoms with Crippen molar-refractivity contribution in [2.24, 2.45) is 0 Å². The molecule has 7 nitrogen and oxygen atoms in total. The number of carbonyl (C=O) groups excluding carboxylic acids is 2. The standard InChI is InChI=1S/C26H27F6NO6/c1-6-38-24(35)33-13(2)7-19(18-11-21(36-4)22(37-5)12-20(18)33)23(39-14(3)34)15-8-16(25(27,28)29)10-17(9-15)26(30,31)32/h8-13,19,23H,6-7H2,1-5H3/t13-,19+,23-/m0/s1. The van der Waals surface area contributed by atoms with E-state index >= 15 is 0 Å². The van der Waals surface area contributed by atoms with Gasteiger partial charge < -0.3 is 18.9 Å². The van der Waals surface area contributed by atoms with E-state index in [4.69, 9.17) is 18.9 Å². The lowest BCUT2D eigenvalue weighted by Gasteiger charge is -2.41. The second-order valence-electron chi connectivity index (χ2n) is 8.90. The van der Waals surface area contributed by atoms with Crippen LogP contribution in [-0.4, -0.2) is 38.9 Å². The average Bonchev–Trinajstić information content (AvgIpc) is 2.84. The number of hydrogen-bond acceptors (Lipinski definition) is 6. The van der Waals surface area contributed by atoms with Crippen molar-refractivity contribution < 1.29 is 54.9 Å². The molecule has 214 valence electrons. The summed E-state index contributed by atoms with van der Waals surface area (Å²) in [5.41, 5.74) is -3.11. The molecule has 39 heavy (non-hydrogen) atoms. The monoisotopic (exact) mass is 563 g/mol. The SMILES string of the molecule is CCOC(=O)N1c2cc(OC)c(OC)cc2[C@H]([C@@H](OC(C)=O)c2cc(C(F)(F)F)cc(C(F)(F)F)c2)C[C@@H]1C. The van der Waals surface area contributed by atoms with Gasteiger partial charge in [-0.2, -0.15) is 26.3 Å². The van der Waals surface area contributed by atoms with Crippen LogP contribution in [0.4, 0.5) is 36.8 Å². The minimum absolute atomic E-state index is 0.00213. The number of benzene rings is 2. The lowest BCUT2D eigenvalue weighted by Crippen LogP contribution is -2.44. The summed E-state index contributed by atoms with van der Waals surface area (Å²) < 4.78 is 103. The lowest BCUT2D eigenvalue weighted by atomic mass is 9.79. The van der Waals surface area contributed by atoms with Gasteiger partial charge in [0, 0.05) is 24.9 Å². The van der Waals surface area contributed by atoms with Crippen LogP contribution >= 0.6 is 0 Å². The Morgan fingerprint density at radius 2 is 1.49 bits per heavy atom. The van der Waals surface area contributed by atoms with Gasteiger partial charge in [-0.3, -0.25) is 9.69 Å². The second kappa shape index (κ2) is 11.2. The van der Waals surface area contributed by atoms with Crippen molar-refractivity contribution in [2.45, 2.75) is 57.6 Å². The Bertz CT molecular complexity index is 1200. The summed E-state index contributed by atoms with van der Waals surface area (Å²) in [6.45, 7) is 4.28. The molecule has 0 fully saturated rings. The van der Waals surface area contributed by atoms with Gasteiger partial charge in [0.2, 0.25) is 0 Å². The predicted molar refractivity (Wildman–Crippen MR) is 127 cm³/mol. The van der Waals surface area contributed by atoms with E-state index in [0.29, 0.717) is 12.1 Å². The third-order valence-electron chi connectivity index (χ3n) is 6.29. The molecule has 0 spiro atoms. The van der Waals surface area contributed by atoms with Crippen molar-refractivity contribution in [2.75, 3.05) is 25.7 Å². The van der Waals surface area contributed by atoms with Crippen LogP contribution in [0, 0.1) is 0 Å². The average molecular weight is 563 g/mol. The van der Waals surface area contributed by atoms with Crippen LogP contribution in [0.2, 0.25) is 0 Å². The molecule has 3 rings (SSSR count). The molecule has 0 N–H and O–H groups in total. The molecular formula is C26H27F6NO6. The molecule has 0 aliphatic carbocycles. The molecule has 0 unspecified atom stereocenters. The molecule has 0 bridgehead atoms. The van der Waals surface area contributed by atoms with Crippen LogP contribution in [0.3, 0.4) is 0 Å². The summed E-state index contributed by atoms with van der Waals surface area (Å²) >= 11 is 0. The number of fused-ring (bicyclic) bond motifs is 1. The highest BCUT2D eigenvalue weighted by molar-refractivity contribution is 5.91. The first-order valence-electron chi connectivity index (χ1n) is 11.8. The quantitative estimate of drug-likeness (QED) is 0.282. The van der Waals surface area contributed by atoms with E-state index in [-0.39, 0.29) is 41.8 Å². The van der Waals surface area contributed by atoms with Gasteiger partial charge in [-0.15, -0.1) is 0 Å². The van der Waals surface area contributed by atoms with Crippen LogP contribution in [-0.2, 0) is 26.6 Å². The smallest absolute Gasteiger partial charge is 0.416 e. The highest BCUT2D eigenvalue weighted by Crippen LogP contribution is 2.51. The Morgan fingerprint density at radius 3 is 1.95 bits per heavy atom. The number of methoxy groups -OCH3 is 2. The zero-order chi connectivity index (χ0) is 29.3. The zero-order valence-electron chi connectivity index (χ0n) is 21.7. The second-order valence-corrected chi connectivity index (χ2v) is 8.90. The largest absolute Gasteiger partial charge is 0.493 e. The van der Waals surface area contributed by atoms with Gasteiger partial charge in [0.25, 0.3) is 0 Å². The normalized spacial score (nSPS) is 18.2. The van der Waals surface area contributed by atoms with Crippen LogP contribution < -0.4 is 14.4 Å². The van der Waals surface area contributed by atoms with Crippen LogP contribution in [0.15, 0.2) is 30.3 Å². The van der Waals surface area contributed by atoms with Crippen LogP contribution in [0.5, 0.6) is 11.5 Å². The third kappa shape index (κ3) is 6.34. The van der Waals surface area contributed by atoms with Crippen molar-refractivity contribution in [1.82, 2.24) is 0 Å². The molecule has 1 aliphatic heterocycles. The third-order valence-corrected chi connectivity index (χ3v) is 6.29. The predicted octanol–water partition coefficient (Wildman–Crippen LogP) is 6.88. The Morgan fingerprint density at radius 1 is 0.949 bits per heavy atom. The fourth-order valence-electron chi connectivity index (χ4n) is 4.69. The van der Waals surface area contributed by atoms with Crippen molar-refractivity contribution >= 4 is 17.7 Å². The first-order valence-corrected chi connectivity index (χ1v) is 11.8. The molecule has 0 saturated carbocycles. The van der Waals surface area contributed by atoms with Gasteiger partial charge >= 0.3 is 24.4 Å². The number of alkyl halides is 6. The summed E-state index contributed by atoms with van der Waals surface area (Å²) in [5.74, 6) is -1.51. The Balaban J connectivity index is 2.31. The molecule has 0 saturated heterocycles. The summed E-state index contributed by atoms with van der Waals surface area (Å²) in [6, 6.07) is 3.31. The van der Waals surface area contributed by atoms with Gasteiger partial charge in [0.1, 0.15) is 6.10 Å². The van der Waals surface area contributed by atoms with Crippen molar-refractivity contribution in [3.05, 3.63) is 52.6 Å². The van der Waals surface area contributed by atoms with Gasteiger partial charge in [-0.05, 0) is 55.7 Å². The first kappa shape index (κ1) is 29.9. The summed E-state index contributed by atoms with van der Waals surface area (Å²) in [6.07, 6.45) is -12.5. The van der Waals surface area contributed by atoms with Gasteiger partial charge in [-0.25, -0.2) is 4.79 Å². The molecule has 1 aliphatic rings. The molecule has 2 aromatic carbocycles. The maximum absolute atomic E-state index is 13.6. The van der Waals surface area contributed by atoms with E-state index in [0.717, 1.165) is 6.92 Å². The topological polar surface area (TPSA) is 74.3 Å². The number of hydrogen-bond donors (Lipinski definition) is 0. The fourth-order valence-corrected chi connectivity index (χ4v) is 4.69. The molecule has 0 aromatic heterocycles. The van der Waals surface area contributed by atoms with E-state index < -0.39 is 59.2 Å².